The van der Waals surface area contributed by atoms with Crippen LogP contribution in [0.2, 0.25) is 0 Å². The Kier molecular flexibility index (Phi) is 8.66. The third-order valence-electron chi connectivity index (χ3n) is 7.07. The molecule has 3 aromatic carbocycles. The van der Waals surface area contributed by atoms with Gasteiger partial charge in [-0.1, -0.05) is 55.3 Å². The molecule has 2 amide bonds. The van der Waals surface area contributed by atoms with Crippen molar-refractivity contribution in [3.05, 3.63) is 84.4 Å². The number of nitrogens with one attached hydrogen (secondary N) is 1. The second-order valence-electron chi connectivity index (χ2n) is 9.86. The molecule has 3 aromatic rings. The number of benzene rings is 3. The number of fused-ring (bicyclic) bond motifs is 1. The Morgan fingerprint density at radius 3 is 2.27 bits per heavy atom. The zero-order chi connectivity index (χ0) is 28.0. The van der Waals surface area contributed by atoms with Gasteiger partial charge < -0.3 is 19.7 Å². The summed E-state index contributed by atoms with van der Waals surface area (Å²) in [6.45, 7) is 1.15. The molecule has 10 heteroatoms. The number of nitrogens with zero attached hydrogens (tertiary/aromatic N) is 2. The predicted molar refractivity (Wildman–Crippen MR) is 151 cm³/mol. The number of hydrogen-bond donors (Lipinski definition) is 1. The Morgan fingerprint density at radius 1 is 0.875 bits per heavy atom. The molecule has 0 radical (unpaired) electrons. The molecule has 0 saturated carbocycles. The third kappa shape index (κ3) is 6.46. The van der Waals surface area contributed by atoms with Crippen molar-refractivity contribution in [1.29, 1.82) is 0 Å². The van der Waals surface area contributed by atoms with Crippen LogP contribution in [0.4, 0.5) is 5.69 Å². The van der Waals surface area contributed by atoms with Crippen molar-refractivity contribution in [1.82, 2.24) is 9.62 Å². The first-order valence-corrected chi connectivity index (χ1v) is 15.0. The van der Waals surface area contributed by atoms with Gasteiger partial charge in [0.15, 0.2) is 12.7 Å². The molecule has 0 spiro atoms. The molecule has 2 aliphatic rings. The minimum absolute atomic E-state index is 0.0346. The first kappa shape index (κ1) is 27.7. The van der Waals surface area contributed by atoms with Crippen molar-refractivity contribution in [2.24, 2.45) is 0 Å². The Hall–Kier alpha value is -3.89. The second kappa shape index (κ2) is 12.5. The van der Waals surface area contributed by atoms with Crippen LogP contribution in [-0.2, 0) is 26.2 Å². The topological polar surface area (TPSA) is 105 Å². The molecule has 9 nitrogen and oxygen atoms in total. The number of sulfonamides is 1. The summed E-state index contributed by atoms with van der Waals surface area (Å²) in [4.78, 5) is 27.9. The minimum Gasteiger partial charge on any atom is -0.484 e. The largest absolute Gasteiger partial charge is 0.484 e. The molecule has 0 aromatic heterocycles. The van der Waals surface area contributed by atoms with E-state index in [-0.39, 0.29) is 29.9 Å². The second-order valence-corrected chi connectivity index (χ2v) is 11.8. The van der Waals surface area contributed by atoms with Gasteiger partial charge in [-0.25, -0.2) is 8.42 Å². The minimum atomic E-state index is -3.57. The van der Waals surface area contributed by atoms with Crippen LogP contribution in [0.1, 0.15) is 31.2 Å². The molecule has 2 heterocycles. The molecular weight excluding hydrogens is 530 g/mol. The van der Waals surface area contributed by atoms with Gasteiger partial charge in [0.05, 0.1) is 17.1 Å². The molecule has 40 heavy (non-hydrogen) atoms. The van der Waals surface area contributed by atoms with Gasteiger partial charge in [0.1, 0.15) is 11.5 Å². The summed E-state index contributed by atoms with van der Waals surface area (Å²) in [7, 11) is -3.57. The van der Waals surface area contributed by atoms with Crippen molar-refractivity contribution in [2.75, 3.05) is 31.1 Å². The summed E-state index contributed by atoms with van der Waals surface area (Å²) in [5.41, 5.74) is 1.51. The average Bonchev–Trinajstić information content (AvgIpc) is 3.29. The molecule has 0 bridgehead atoms. The molecule has 2 aliphatic heterocycles. The fourth-order valence-electron chi connectivity index (χ4n) is 4.87. The van der Waals surface area contributed by atoms with Gasteiger partial charge >= 0.3 is 0 Å². The number of anilines is 1. The summed E-state index contributed by atoms with van der Waals surface area (Å²) >= 11 is 0. The summed E-state index contributed by atoms with van der Waals surface area (Å²) in [5.74, 6) is 0.142. The van der Waals surface area contributed by atoms with E-state index in [1.807, 2.05) is 30.3 Å². The zero-order valence-electron chi connectivity index (χ0n) is 22.2. The summed E-state index contributed by atoms with van der Waals surface area (Å²) in [6, 6.07) is 22.7. The number of ether oxygens (including phenoxy) is 2. The predicted octanol–water partition coefficient (Wildman–Crippen LogP) is 3.74. The summed E-state index contributed by atoms with van der Waals surface area (Å²) in [6.07, 6.45) is 2.93. The molecule has 1 N–H and O–H groups in total. The van der Waals surface area contributed by atoms with Gasteiger partial charge in [-0.05, 0) is 54.8 Å². The van der Waals surface area contributed by atoms with E-state index in [0.29, 0.717) is 36.8 Å². The summed E-state index contributed by atoms with van der Waals surface area (Å²) < 4.78 is 39.3. The number of rotatable bonds is 8. The van der Waals surface area contributed by atoms with Crippen LogP contribution in [0.15, 0.2) is 83.8 Å². The van der Waals surface area contributed by atoms with Crippen molar-refractivity contribution in [2.45, 2.75) is 43.2 Å². The molecule has 210 valence electrons. The van der Waals surface area contributed by atoms with E-state index in [9.17, 15) is 18.0 Å². The van der Waals surface area contributed by atoms with Crippen molar-refractivity contribution < 1.29 is 27.5 Å². The van der Waals surface area contributed by atoms with E-state index < -0.39 is 16.1 Å². The van der Waals surface area contributed by atoms with Gasteiger partial charge in [-0.2, -0.15) is 4.31 Å². The van der Waals surface area contributed by atoms with Crippen LogP contribution in [0.3, 0.4) is 0 Å². The smallest absolute Gasteiger partial charge is 0.265 e. The maximum absolute atomic E-state index is 13.3. The lowest BCUT2D eigenvalue weighted by molar-refractivity contribution is -0.128. The maximum atomic E-state index is 13.3. The maximum Gasteiger partial charge on any atom is 0.265 e. The lowest BCUT2D eigenvalue weighted by Gasteiger charge is -2.34. The van der Waals surface area contributed by atoms with E-state index in [0.717, 1.165) is 31.2 Å². The van der Waals surface area contributed by atoms with E-state index in [4.69, 9.17) is 9.47 Å². The quantitative estimate of drug-likeness (QED) is 0.448. The van der Waals surface area contributed by atoms with E-state index in [1.165, 1.54) is 17.0 Å². The Morgan fingerprint density at radius 2 is 1.55 bits per heavy atom. The summed E-state index contributed by atoms with van der Waals surface area (Å²) in [5, 5.41) is 2.88. The van der Waals surface area contributed by atoms with Gasteiger partial charge in [-0.15, -0.1) is 0 Å². The number of carbonyl (C=O) groups is 2. The van der Waals surface area contributed by atoms with Crippen molar-refractivity contribution in [3.8, 4) is 11.5 Å². The highest BCUT2D eigenvalue weighted by atomic mass is 32.2. The molecule has 1 saturated heterocycles. The lowest BCUT2D eigenvalue weighted by atomic mass is 10.1. The molecule has 5 rings (SSSR count). The van der Waals surface area contributed by atoms with Crippen LogP contribution < -0.4 is 19.7 Å². The SMILES string of the molecule is O=C(NCc1ccccc1)[C@@H]1CN(C(=O)COc2ccc(S(=O)(=O)N3CCCCCC3)cc2)c2ccccc2O1. The highest BCUT2D eigenvalue weighted by Crippen LogP contribution is 2.33. The van der Waals surface area contributed by atoms with Crippen LogP contribution in [0, 0.1) is 0 Å². The first-order chi connectivity index (χ1) is 19.4. The first-order valence-electron chi connectivity index (χ1n) is 13.5. The molecule has 1 fully saturated rings. The number of amides is 2. The lowest BCUT2D eigenvalue weighted by Crippen LogP contribution is -2.51. The Bertz CT molecular complexity index is 1420. The third-order valence-corrected chi connectivity index (χ3v) is 8.98. The molecule has 1 atom stereocenters. The number of hydrogen-bond acceptors (Lipinski definition) is 6. The van der Waals surface area contributed by atoms with E-state index in [2.05, 4.69) is 5.32 Å². The standard InChI is InChI=1S/C30H33N3O6S/c34-29(22-38-24-14-16-25(17-15-24)40(36,37)32-18-8-1-2-9-19-32)33-21-28(39-27-13-7-6-12-26(27)33)30(35)31-20-23-10-4-3-5-11-23/h3-7,10-17,28H,1-2,8-9,18-22H2,(H,31,35)/t28-/m0/s1. The number of carbonyl (C=O) groups excluding carboxylic acids is 2. The monoisotopic (exact) mass is 563 g/mol. The highest BCUT2D eigenvalue weighted by Gasteiger charge is 2.34. The van der Waals surface area contributed by atoms with Crippen LogP contribution >= 0.6 is 0 Å². The van der Waals surface area contributed by atoms with Gasteiger partial charge in [0.2, 0.25) is 10.0 Å². The Labute approximate surface area is 234 Å². The van der Waals surface area contributed by atoms with Gasteiger partial charge in [-0.3, -0.25) is 9.59 Å². The van der Waals surface area contributed by atoms with E-state index in [1.54, 1.807) is 40.7 Å². The van der Waals surface area contributed by atoms with Gasteiger partial charge in [0.25, 0.3) is 11.8 Å². The normalized spacial score (nSPS) is 17.7. The fraction of sp³-hybridized carbons (Fsp3) is 0.333. The average molecular weight is 564 g/mol. The Balaban J connectivity index is 1.22. The van der Waals surface area contributed by atoms with Crippen LogP contribution in [0.25, 0.3) is 0 Å². The highest BCUT2D eigenvalue weighted by molar-refractivity contribution is 7.89. The zero-order valence-corrected chi connectivity index (χ0v) is 23.0. The molecule has 0 aliphatic carbocycles. The number of para-hydroxylation sites is 2. The van der Waals surface area contributed by atoms with Crippen molar-refractivity contribution >= 4 is 27.5 Å². The molecular formula is C30H33N3O6S. The molecule has 0 unspecified atom stereocenters. The van der Waals surface area contributed by atoms with Gasteiger partial charge in [0, 0.05) is 19.6 Å². The fourth-order valence-corrected chi connectivity index (χ4v) is 6.38. The van der Waals surface area contributed by atoms with Crippen LogP contribution in [0.5, 0.6) is 11.5 Å². The van der Waals surface area contributed by atoms with E-state index >= 15 is 0 Å². The van der Waals surface area contributed by atoms with Crippen LogP contribution in [-0.4, -0.2) is 56.9 Å². The van der Waals surface area contributed by atoms with Crippen molar-refractivity contribution in [3.63, 3.8) is 0 Å².